The first-order chi connectivity index (χ1) is 16.0. The molecule has 1 aliphatic rings. The Morgan fingerprint density at radius 3 is 2.61 bits per heavy atom. The van der Waals surface area contributed by atoms with E-state index in [0.717, 1.165) is 55.5 Å². The molecule has 176 valence electrons. The number of likely N-dealkylation sites (tertiary alicyclic amines) is 1. The molecule has 6 heteroatoms. The molecule has 1 fully saturated rings. The van der Waals surface area contributed by atoms with Crippen LogP contribution in [0.3, 0.4) is 0 Å². The highest BCUT2D eigenvalue weighted by Gasteiger charge is 2.34. The van der Waals surface area contributed by atoms with Gasteiger partial charge in [-0.15, -0.1) is 0 Å². The standard InChI is InChI=1S/C27H37N5O/c1-4-5-14-32(29)27(30-28)26(25-18-22-8-6-7-9-24(22)33-25)31-15-12-21(13-16-31)23-17-19(2)10-11-20(23)3/h6-11,17-18,21,26H,4-5,12-16,28-29H2,1-3H3/b30-27-. The Morgan fingerprint density at radius 2 is 1.91 bits per heavy atom. The maximum absolute atomic E-state index is 6.46. The van der Waals surface area contributed by atoms with Crippen LogP contribution in [0.2, 0.25) is 0 Å². The highest BCUT2D eigenvalue weighted by atomic mass is 16.3. The van der Waals surface area contributed by atoms with E-state index in [1.165, 1.54) is 16.7 Å². The van der Waals surface area contributed by atoms with Crippen LogP contribution in [0.5, 0.6) is 0 Å². The maximum atomic E-state index is 6.46. The number of benzene rings is 2. The van der Waals surface area contributed by atoms with Gasteiger partial charge in [-0.3, -0.25) is 9.91 Å². The van der Waals surface area contributed by atoms with E-state index in [1.807, 2.05) is 18.2 Å². The summed E-state index contributed by atoms with van der Waals surface area (Å²) < 4.78 is 6.31. The van der Waals surface area contributed by atoms with Gasteiger partial charge in [0.1, 0.15) is 17.4 Å². The fourth-order valence-corrected chi connectivity index (χ4v) is 5.02. The Morgan fingerprint density at radius 1 is 1.15 bits per heavy atom. The van der Waals surface area contributed by atoms with Crippen LogP contribution in [-0.2, 0) is 0 Å². The van der Waals surface area contributed by atoms with Crippen LogP contribution in [0.25, 0.3) is 11.0 Å². The van der Waals surface area contributed by atoms with Gasteiger partial charge in [-0.05, 0) is 75.4 Å². The number of unbranched alkanes of at least 4 members (excludes halogenated alkanes) is 1. The van der Waals surface area contributed by atoms with Gasteiger partial charge in [0.25, 0.3) is 0 Å². The third-order valence-electron chi connectivity index (χ3n) is 6.91. The van der Waals surface area contributed by atoms with E-state index in [0.29, 0.717) is 18.3 Å². The van der Waals surface area contributed by atoms with E-state index in [-0.39, 0.29) is 6.04 Å². The van der Waals surface area contributed by atoms with Crippen LogP contribution < -0.4 is 11.7 Å². The van der Waals surface area contributed by atoms with Gasteiger partial charge in [0.15, 0.2) is 5.84 Å². The second-order valence-corrected chi connectivity index (χ2v) is 9.29. The van der Waals surface area contributed by atoms with Gasteiger partial charge in [-0.2, -0.15) is 5.10 Å². The molecule has 0 aliphatic carbocycles. The summed E-state index contributed by atoms with van der Waals surface area (Å²) >= 11 is 0. The predicted molar refractivity (Wildman–Crippen MR) is 136 cm³/mol. The number of nitrogens with zero attached hydrogens (tertiary/aromatic N) is 3. The van der Waals surface area contributed by atoms with E-state index in [1.54, 1.807) is 5.01 Å². The lowest BCUT2D eigenvalue weighted by Crippen LogP contribution is -2.49. The molecule has 0 radical (unpaired) electrons. The molecule has 6 nitrogen and oxygen atoms in total. The van der Waals surface area contributed by atoms with Crippen molar-refractivity contribution in [2.24, 2.45) is 16.8 Å². The summed E-state index contributed by atoms with van der Waals surface area (Å²) in [4.78, 5) is 2.43. The van der Waals surface area contributed by atoms with Crippen molar-refractivity contribution in [3.63, 3.8) is 0 Å². The molecule has 0 spiro atoms. The molecule has 0 bridgehead atoms. The van der Waals surface area contributed by atoms with Crippen molar-refractivity contribution in [2.45, 2.75) is 58.4 Å². The Bertz CT molecular complexity index is 1060. The summed E-state index contributed by atoms with van der Waals surface area (Å²) in [6, 6.07) is 16.8. The highest BCUT2D eigenvalue weighted by Crippen LogP contribution is 2.36. The topological polar surface area (TPSA) is 84.0 Å². The van der Waals surface area contributed by atoms with Gasteiger partial charge in [0.2, 0.25) is 0 Å². The smallest absolute Gasteiger partial charge is 0.163 e. The van der Waals surface area contributed by atoms with Crippen LogP contribution in [0, 0.1) is 13.8 Å². The molecule has 2 aromatic carbocycles. The minimum atomic E-state index is -0.205. The van der Waals surface area contributed by atoms with Crippen LogP contribution in [0.15, 0.2) is 58.0 Å². The predicted octanol–water partition coefficient (Wildman–Crippen LogP) is 5.22. The molecule has 1 aromatic heterocycles. The number of para-hydroxylation sites is 1. The minimum absolute atomic E-state index is 0.205. The quantitative estimate of drug-likeness (QED) is 0.225. The van der Waals surface area contributed by atoms with Gasteiger partial charge in [-0.25, -0.2) is 5.84 Å². The number of rotatable bonds is 7. The van der Waals surface area contributed by atoms with Crippen molar-refractivity contribution < 1.29 is 4.42 Å². The van der Waals surface area contributed by atoms with E-state index in [2.05, 4.69) is 61.1 Å². The Labute approximate surface area is 197 Å². The molecule has 1 unspecified atom stereocenters. The summed E-state index contributed by atoms with van der Waals surface area (Å²) in [6.07, 6.45) is 4.20. The summed E-state index contributed by atoms with van der Waals surface area (Å²) in [7, 11) is 0. The first kappa shape index (κ1) is 23.3. The monoisotopic (exact) mass is 447 g/mol. The fourth-order valence-electron chi connectivity index (χ4n) is 5.02. The SMILES string of the molecule is CCCCN(N)/C(=N\N)C(c1cc2ccccc2o1)N1CCC(c2cc(C)ccc2C)CC1. The van der Waals surface area contributed by atoms with E-state index in [4.69, 9.17) is 16.1 Å². The molecule has 0 saturated carbocycles. The molecule has 3 aromatic rings. The van der Waals surface area contributed by atoms with Crippen molar-refractivity contribution in [3.8, 4) is 0 Å². The Hall–Kier alpha value is -2.83. The lowest BCUT2D eigenvalue weighted by molar-refractivity contribution is 0.164. The summed E-state index contributed by atoms with van der Waals surface area (Å²) in [5, 5.41) is 6.97. The lowest BCUT2D eigenvalue weighted by atomic mass is 9.85. The molecule has 0 amide bonds. The number of nitrogens with two attached hydrogens (primary N) is 2. The highest BCUT2D eigenvalue weighted by molar-refractivity contribution is 5.89. The molecule has 4 N–H and O–H groups in total. The lowest BCUT2D eigenvalue weighted by Gasteiger charge is -2.39. The third kappa shape index (κ3) is 5.07. The first-order valence-electron chi connectivity index (χ1n) is 12.1. The largest absolute Gasteiger partial charge is 0.459 e. The van der Waals surface area contributed by atoms with E-state index >= 15 is 0 Å². The first-order valence-corrected chi connectivity index (χ1v) is 12.1. The van der Waals surface area contributed by atoms with E-state index in [9.17, 15) is 0 Å². The molecule has 1 aliphatic heterocycles. The number of hydrazine groups is 1. The third-order valence-corrected chi connectivity index (χ3v) is 6.91. The number of fused-ring (bicyclic) bond motifs is 1. The second kappa shape index (κ2) is 10.4. The summed E-state index contributed by atoms with van der Waals surface area (Å²) in [6.45, 7) is 9.12. The van der Waals surface area contributed by atoms with Gasteiger partial charge in [-0.1, -0.05) is 55.3 Å². The van der Waals surface area contributed by atoms with Crippen LogP contribution in [-0.4, -0.2) is 35.4 Å². The normalized spacial score (nSPS) is 16.9. The molecule has 1 atom stereocenters. The van der Waals surface area contributed by atoms with Gasteiger partial charge < -0.3 is 10.3 Å². The van der Waals surface area contributed by atoms with E-state index < -0.39 is 0 Å². The molecule has 2 heterocycles. The van der Waals surface area contributed by atoms with Crippen molar-refractivity contribution in [3.05, 3.63) is 71.0 Å². The number of aryl methyl sites for hydroxylation is 2. The minimum Gasteiger partial charge on any atom is -0.459 e. The van der Waals surface area contributed by atoms with Crippen molar-refractivity contribution in [1.29, 1.82) is 0 Å². The van der Waals surface area contributed by atoms with Gasteiger partial charge in [0.05, 0.1) is 0 Å². The Balaban J connectivity index is 1.61. The maximum Gasteiger partial charge on any atom is 0.163 e. The molecule has 33 heavy (non-hydrogen) atoms. The van der Waals surface area contributed by atoms with Crippen molar-refractivity contribution >= 4 is 16.8 Å². The van der Waals surface area contributed by atoms with Crippen LogP contribution in [0.1, 0.15) is 67.0 Å². The summed E-state index contributed by atoms with van der Waals surface area (Å²) in [5.74, 6) is 14.5. The number of furan rings is 1. The number of hydrogen-bond acceptors (Lipinski definition) is 5. The molecule has 1 saturated heterocycles. The number of piperidine rings is 1. The Kier molecular flexibility index (Phi) is 7.36. The summed E-state index contributed by atoms with van der Waals surface area (Å²) in [5.41, 5.74) is 5.05. The average molecular weight is 448 g/mol. The number of hydrogen-bond donors (Lipinski definition) is 2. The van der Waals surface area contributed by atoms with Crippen molar-refractivity contribution in [1.82, 2.24) is 9.91 Å². The van der Waals surface area contributed by atoms with Crippen molar-refractivity contribution in [2.75, 3.05) is 19.6 Å². The van der Waals surface area contributed by atoms with Crippen LogP contribution in [0.4, 0.5) is 0 Å². The van der Waals surface area contributed by atoms with Crippen LogP contribution >= 0.6 is 0 Å². The molecular formula is C27H37N5O. The number of hydrazone groups is 1. The molecular weight excluding hydrogens is 410 g/mol. The molecule has 4 rings (SSSR count). The zero-order valence-corrected chi connectivity index (χ0v) is 20.1. The zero-order chi connectivity index (χ0) is 23.4. The fraction of sp³-hybridized carbons (Fsp3) is 0.444. The van der Waals surface area contributed by atoms with Gasteiger partial charge >= 0.3 is 0 Å². The average Bonchev–Trinajstić information content (AvgIpc) is 3.26. The number of amidine groups is 1. The van der Waals surface area contributed by atoms with Gasteiger partial charge in [0, 0.05) is 11.9 Å². The zero-order valence-electron chi connectivity index (χ0n) is 20.1. The second-order valence-electron chi connectivity index (χ2n) is 9.29.